The van der Waals surface area contributed by atoms with E-state index in [1.807, 2.05) is 30.3 Å². The molecule has 0 saturated carbocycles. The van der Waals surface area contributed by atoms with Crippen molar-refractivity contribution in [3.8, 4) is 11.1 Å². The number of aliphatic hydroxyl groups excluding tert-OH is 1. The minimum atomic E-state index is -1.21. The summed E-state index contributed by atoms with van der Waals surface area (Å²) < 4.78 is 0. The fourth-order valence-electron chi connectivity index (χ4n) is 2.59. The van der Waals surface area contributed by atoms with Crippen LogP contribution in [-0.4, -0.2) is 37.4 Å². The molecule has 1 N–H and O–H groups in total. The second-order valence-electron chi connectivity index (χ2n) is 14.0. The molecule has 46 heavy (non-hydrogen) atoms. The normalized spacial score (nSPS) is 10.9. The van der Waals surface area contributed by atoms with Gasteiger partial charge in [-0.2, -0.15) is 53.7 Å². The Balaban J connectivity index is -0.000000146. The van der Waals surface area contributed by atoms with E-state index in [2.05, 4.69) is 138 Å². The molecule has 1 aliphatic rings. The zero-order valence-electron chi connectivity index (χ0n) is 29.8. The van der Waals surface area contributed by atoms with Crippen molar-refractivity contribution in [1.82, 2.24) is 0 Å². The fraction of sp³-hybridized carbons (Fsp3) is 0.324. The molecule has 0 atom stereocenters. The van der Waals surface area contributed by atoms with Crippen molar-refractivity contribution in [3.05, 3.63) is 128 Å². The molecular weight excluding hydrogens is 756 g/mol. The van der Waals surface area contributed by atoms with Crippen LogP contribution in [0.4, 0.5) is 0 Å². The molecule has 0 radical (unpaired) electrons. The van der Waals surface area contributed by atoms with Crippen molar-refractivity contribution < 1.29 is 66.1 Å². The average Bonchev–Trinajstić information content (AvgIpc) is 3.73. The summed E-state index contributed by atoms with van der Waals surface area (Å²) in [6.45, 7) is 26.7. The Morgan fingerprint density at radius 3 is 1.28 bits per heavy atom. The van der Waals surface area contributed by atoms with Gasteiger partial charge in [-0.15, -0.1) is 0 Å². The van der Waals surface area contributed by atoms with Gasteiger partial charge in [0, 0.05) is 25.1 Å². The number of hydrogen-bond acceptors (Lipinski definition) is 2. The smallest absolute Gasteiger partial charge is 0.701 e. The van der Waals surface area contributed by atoms with E-state index in [0.717, 1.165) is 0 Å². The molecule has 4 rings (SSSR count). The van der Waals surface area contributed by atoms with Crippen molar-refractivity contribution in [1.29, 1.82) is 0 Å². The van der Waals surface area contributed by atoms with Crippen LogP contribution in [-0.2, 0) is 55.9 Å². The number of rotatable bonds is 2. The van der Waals surface area contributed by atoms with Gasteiger partial charge in [-0.3, -0.25) is 0 Å². The van der Waals surface area contributed by atoms with Gasteiger partial charge in [0.1, 0.15) is 0 Å². The molecule has 3 aromatic carbocycles. The molecule has 0 unspecified atom stereocenters. The molecule has 0 aromatic heterocycles. The fourth-order valence-corrected chi connectivity index (χ4v) is 4.97. The van der Waals surface area contributed by atoms with Crippen molar-refractivity contribution in [2.75, 3.05) is 0 Å². The van der Waals surface area contributed by atoms with E-state index in [1.54, 1.807) is 34.7 Å². The standard InChI is InChI=1S/2C8H13Si.C6H6O2.2C5H9Si.C5H5.Cu.Fe.Ti/c2*1-9(2,3)8-6-4-5-7-8;7-6(8)5-3-1-2-4-5;2*1-5-6(2,3)4;1-2-4-5-3-1;;;/h2*4-7H,1-3H3;1-4,7-8H;2*2-4H3;1-5H;;;/q2*-1;;3*-1;+1;;+4/p-1. The minimum Gasteiger partial charge on any atom is -0.701 e. The summed E-state index contributed by atoms with van der Waals surface area (Å²) in [6, 6.07) is 27.4. The molecule has 2 nitrogen and oxygen atoms in total. The Bertz CT molecular complexity index is 1170. The van der Waals surface area contributed by atoms with Crippen LogP contribution < -0.4 is 15.5 Å². The molecule has 0 fully saturated rings. The first kappa shape index (κ1) is 54.1. The van der Waals surface area contributed by atoms with Crippen LogP contribution >= 0.6 is 0 Å². The zero-order valence-corrected chi connectivity index (χ0v) is 37.4. The summed E-state index contributed by atoms with van der Waals surface area (Å²) in [5.74, 6) is -0.866. The topological polar surface area (TPSA) is 43.3 Å². The third kappa shape index (κ3) is 34.0. The first-order valence-corrected chi connectivity index (χ1v) is 28.6. The summed E-state index contributed by atoms with van der Waals surface area (Å²) in [5.41, 5.74) is 5.34. The van der Waals surface area contributed by atoms with Gasteiger partial charge in [0.25, 0.3) is 0 Å². The second-order valence-corrected chi connectivity index (χ2v) is 33.7. The van der Waals surface area contributed by atoms with Gasteiger partial charge < -0.3 is 34.1 Å². The molecule has 0 heterocycles. The van der Waals surface area contributed by atoms with E-state index in [0.29, 0.717) is 5.57 Å². The van der Waals surface area contributed by atoms with E-state index in [9.17, 15) is 5.11 Å². The minimum absolute atomic E-state index is 0. The maximum absolute atomic E-state index is 10.1. The van der Waals surface area contributed by atoms with Gasteiger partial charge in [0.2, 0.25) is 0 Å². The van der Waals surface area contributed by atoms with Crippen LogP contribution in [0.25, 0.3) is 0 Å². The van der Waals surface area contributed by atoms with Gasteiger partial charge in [0.05, 0.1) is 30.2 Å². The number of allylic oxidation sites excluding steroid dienone is 5. The summed E-state index contributed by atoms with van der Waals surface area (Å²) >= 11 is 0. The average molecular weight is 810 g/mol. The summed E-state index contributed by atoms with van der Waals surface area (Å²) in [7, 11) is -4.39. The molecule has 0 aliphatic heterocycles. The van der Waals surface area contributed by atoms with E-state index in [-0.39, 0.29) is 55.9 Å². The van der Waals surface area contributed by atoms with Crippen LogP contribution in [0.5, 0.6) is 0 Å². The maximum Gasteiger partial charge on any atom is 4.00 e. The summed E-state index contributed by atoms with van der Waals surface area (Å²) in [5, 5.41) is 21.5. The second kappa shape index (κ2) is 27.6. The number of aliphatic hydroxyl groups is 1. The molecular formula is C37H54CuFeO2Si4Ti-. The summed E-state index contributed by atoms with van der Waals surface area (Å²) in [4.78, 5) is 0. The molecule has 1 aliphatic carbocycles. The SMILES string of the molecule is C[Si](C)(C)c1cc[cH-]c1.C[Si](C)(C)c1ccc[cH-]1.[C-]#C[Si](C)(C)C.[C-]#C[Si](C)(C)C.[Cu+].[Fe].[O-]C(O)=C1C=CC=C1.[Ti+4].c1cc[cH-]c1. The van der Waals surface area contributed by atoms with Gasteiger partial charge in [-0.1, -0.05) is 103 Å². The van der Waals surface area contributed by atoms with E-state index < -0.39 is 38.2 Å². The largest absolute Gasteiger partial charge is 4.00 e. The van der Waals surface area contributed by atoms with Crippen LogP contribution in [0.1, 0.15) is 0 Å². The quantitative estimate of drug-likeness (QED) is 0.122. The molecule has 9 heteroatoms. The van der Waals surface area contributed by atoms with Crippen LogP contribution in [0.2, 0.25) is 78.6 Å². The Morgan fingerprint density at radius 2 is 1.13 bits per heavy atom. The van der Waals surface area contributed by atoms with E-state index in [4.69, 9.17) is 18.0 Å². The van der Waals surface area contributed by atoms with Crippen molar-refractivity contribution in [3.63, 3.8) is 0 Å². The van der Waals surface area contributed by atoms with E-state index >= 15 is 0 Å². The summed E-state index contributed by atoms with van der Waals surface area (Å²) in [6.07, 6.45) is 19.8. The molecule has 254 valence electrons. The molecule has 0 amide bonds. The van der Waals surface area contributed by atoms with Gasteiger partial charge in [-0.25, -0.2) is 35.5 Å². The predicted octanol–water partition coefficient (Wildman–Crippen LogP) is 8.45. The predicted molar refractivity (Wildman–Crippen MR) is 201 cm³/mol. The van der Waals surface area contributed by atoms with E-state index in [1.165, 1.54) is 0 Å². The van der Waals surface area contributed by atoms with Crippen molar-refractivity contribution in [2.24, 2.45) is 0 Å². The molecule has 0 spiro atoms. The van der Waals surface area contributed by atoms with Crippen LogP contribution in [0.15, 0.2) is 115 Å². The van der Waals surface area contributed by atoms with Crippen molar-refractivity contribution >= 4 is 42.7 Å². The van der Waals surface area contributed by atoms with Crippen LogP contribution in [0, 0.1) is 23.9 Å². The van der Waals surface area contributed by atoms with Gasteiger partial charge >= 0.3 is 38.8 Å². The Morgan fingerprint density at radius 1 is 0.696 bits per heavy atom. The molecule has 3 aromatic rings. The Kier molecular flexibility index (Phi) is 32.4. The first-order chi connectivity index (χ1) is 19.6. The van der Waals surface area contributed by atoms with Gasteiger partial charge in [0.15, 0.2) is 0 Å². The number of hydrogen-bond donors (Lipinski definition) is 1. The molecule has 0 bridgehead atoms. The maximum atomic E-state index is 10.1. The Hall–Kier alpha value is -1.39. The monoisotopic (exact) mass is 809 g/mol. The van der Waals surface area contributed by atoms with Gasteiger partial charge in [-0.05, 0) is 5.57 Å². The third-order valence-electron chi connectivity index (χ3n) is 5.27. The van der Waals surface area contributed by atoms with Crippen molar-refractivity contribution in [2.45, 2.75) is 78.6 Å². The van der Waals surface area contributed by atoms with Crippen LogP contribution in [0.3, 0.4) is 0 Å². The zero-order chi connectivity index (χ0) is 33.7. The first-order valence-electron chi connectivity index (χ1n) is 14.6. The Labute approximate surface area is 323 Å². The molecule has 0 saturated heterocycles. The third-order valence-corrected chi connectivity index (χ3v) is 10.9.